The fraction of sp³-hybridized carbons (Fsp3) is 0.952. The Bertz CT molecular complexity index is 958. The summed E-state index contributed by atoms with van der Waals surface area (Å²) in [6.07, 6.45) is 68.8. The van der Waals surface area contributed by atoms with Crippen LogP contribution in [0.15, 0.2) is 11.6 Å². The molecule has 388 valence electrons. The van der Waals surface area contributed by atoms with Crippen LogP contribution in [-0.2, 0) is 4.79 Å². The van der Waals surface area contributed by atoms with Crippen LogP contribution >= 0.6 is 0 Å². The maximum absolute atomic E-state index is 12.9. The highest BCUT2D eigenvalue weighted by Gasteiger charge is 2.16. The monoisotopic (exact) mass is 913 g/mol. The normalized spacial score (nSPS) is 13.5. The van der Waals surface area contributed by atoms with E-state index in [0.717, 1.165) is 38.3 Å². The Hall–Kier alpha value is -0.830. The van der Waals surface area contributed by atoms with Crippen LogP contribution in [0.4, 0.5) is 0 Å². The van der Waals surface area contributed by atoms with Crippen molar-refractivity contribution in [2.45, 2.75) is 336 Å². The molecule has 0 bridgehead atoms. The molecule has 0 rings (SSSR count). The number of hydrogen-bond donors (Lipinski definition) is 1. The molecule has 0 aromatic rings. The number of carbonyl (C=O) groups is 1. The molecule has 0 radical (unpaired) electrons. The molecule has 1 N–H and O–H groups in total. The van der Waals surface area contributed by atoms with Crippen LogP contribution in [-0.4, -0.2) is 38.0 Å². The summed E-state index contributed by atoms with van der Waals surface area (Å²) < 4.78 is 0. The molecular weight excluding hydrogens is 789 g/mol. The second-order valence-electron chi connectivity index (χ2n) is 22.2. The molecule has 0 fully saturated rings. The molecule has 3 heteroatoms. The van der Waals surface area contributed by atoms with Gasteiger partial charge in [0, 0.05) is 12.5 Å². The quantitative estimate of drug-likeness (QED) is 0.0487. The first-order valence-corrected chi connectivity index (χ1v) is 30.5. The molecule has 3 nitrogen and oxygen atoms in total. The van der Waals surface area contributed by atoms with Crippen molar-refractivity contribution in [2.75, 3.05) is 27.2 Å². The van der Waals surface area contributed by atoms with E-state index in [1.54, 1.807) is 5.57 Å². The van der Waals surface area contributed by atoms with Crippen molar-refractivity contribution in [3.63, 3.8) is 0 Å². The Balaban J connectivity index is 4.72. The zero-order valence-electron chi connectivity index (χ0n) is 46.3. The van der Waals surface area contributed by atoms with E-state index < -0.39 is 0 Å². The molecule has 0 aliphatic heterocycles. The minimum atomic E-state index is 0.0805. The van der Waals surface area contributed by atoms with Crippen LogP contribution in [0.25, 0.3) is 0 Å². The highest BCUT2D eigenvalue weighted by atomic mass is 16.1. The first-order valence-electron chi connectivity index (χ1n) is 30.5. The van der Waals surface area contributed by atoms with Crippen molar-refractivity contribution in [1.29, 1.82) is 0 Å². The van der Waals surface area contributed by atoms with E-state index in [9.17, 15) is 4.79 Å². The van der Waals surface area contributed by atoms with Crippen LogP contribution in [0.3, 0.4) is 0 Å². The number of allylic oxidation sites excluding steroid dienone is 2. The fourth-order valence-corrected chi connectivity index (χ4v) is 10.5. The van der Waals surface area contributed by atoms with Crippen molar-refractivity contribution < 1.29 is 4.79 Å². The second kappa shape index (κ2) is 52.5. The van der Waals surface area contributed by atoms with Gasteiger partial charge in [0.2, 0.25) is 5.91 Å². The molecule has 0 aromatic heterocycles. The van der Waals surface area contributed by atoms with Gasteiger partial charge in [0.25, 0.3) is 0 Å². The van der Waals surface area contributed by atoms with Crippen LogP contribution in [0.2, 0.25) is 0 Å². The SMILES string of the molecule is CCCCCCCCCCCCCCCCCCC(=CC(C)CC(C)C(=O)NCCCCN(C)C)CCCCCCCCC(CCCCCCCCCC)CCCCCCCCCCC. The lowest BCUT2D eigenvalue weighted by molar-refractivity contribution is -0.124. The molecule has 0 aliphatic carbocycles. The molecule has 0 aromatic carbocycles. The van der Waals surface area contributed by atoms with E-state index in [1.807, 2.05) is 0 Å². The third-order valence-corrected chi connectivity index (χ3v) is 14.9. The van der Waals surface area contributed by atoms with Gasteiger partial charge in [-0.05, 0) is 77.4 Å². The largest absolute Gasteiger partial charge is 0.356 e. The van der Waals surface area contributed by atoms with Gasteiger partial charge in [0.1, 0.15) is 0 Å². The predicted octanol–water partition coefficient (Wildman–Crippen LogP) is 20.9. The molecule has 65 heavy (non-hydrogen) atoms. The first kappa shape index (κ1) is 64.2. The summed E-state index contributed by atoms with van der Waals surface area (Å²) in [5.41, 5.74) is 1.69. The van der Waals surface area contributed by atoms with Gasteiger partial charge in [-0.3, -0.25) is 4.79 Å². The molecule has 0 saturated carbocycles. The highest BCUT2D eigenvalue weighted by Crippen LogP contribution is 2.27. The maximum atomic E-state index is 12.9. The average Bonchev–Trinajstić information content (AvgIpc) is 3.29. The molecular formula is C62H124N2O. The van der Waals surface area contributed by atoms with Crippen molar-refractivity contribution >= 4 is 5.91 Å². The Morgan fingerprint density at radius 1 is 0.415 bits per heavy atom. The maximum Gasteiger partial charge on any atom is 0.222 e. The van der Waals surface area contributed by atoms with Gasteiger partial charge in [-0.1, -0.05) is 303 Å². The lowest BCUT2D eigenvalue weighted by Crippen LogP contribution is -2.31. The Morgan fingerprint density at radius 2 is 0.723 bits per heavy atom. The zero-order valence-corrected chi connectivity index (χ0v) is 46.3. The number of nitrogens with zero attached hydrogens (tertiary/aromatic N) is 1. The Kier molecular flexibility index (Phi) is 51.9. The third-order valence-electron chi connectivity index (χ3n) is 14.9. The number of hydrogen-bond acceptors (Lipinski definition) is 2. The van der Waals surface area contributed by atoms with Gasteiger partial charge in [-0.25, -0.2) is 0 Å². The zero-order chi connectivity index (χ0) is 47.5. The van der Waals surface area contributed by atoms with Crippen molar-refractivity contribution in [2.24, 2.45) is 17.8 Å². The predicted molar refractivity (Wildman–Crippen MR) is 295 cm³/mol. The molecule has 0 spiro atoms. The molecule has 0 aliphatic rings. The van der Waals surface area contributed by atoms with Crippen LogP contribution < -0.4 is 5.32 Å². The van der Waals surface area contributed by atoms with Crippen LogP contribution in [0.1, 0.15) is 336 Å². The topological polar surface area (TPSA) is 32.3 Å². The average molecular weight is 914 g/mol. The van der Waals surface area contributed by atoms with E-state index in [4.69, 9.17) is 0 Å². The standard InChI is InChI=1S/C62H124N2O/c1-8-11-14-17-20-23-24-25-26-27-28-29-31-34-40-45-52-61(57-58(4)56-59(5)62(65)63-54-47-48-55-64(6)7)53-46-41-36-35-39-44-51-60(49-42-37-32-22-19-16-13-10-3)50-43-38-33-30-21-18-15-12-9-2/h57-60H,8-56H2,1-7H3,(H,63,65). The first-order chi connectivity index (χ1) is 31.8. The van der Waals surface area contributed by atoms with Crippen molar-refractivity contribution in [3.05, 3.63) is 11.6 Å². The van der Waals surface area contributed by atoms with E-state index in [1.165, 1.54) is 283 Å². The van der Waals surface area contributed by atoms with Gasteiger partial charge in [-0.15, -0.1) is 0 Å². The number of amides is 1. The van der Waals surface area contributed by atoms with Gasteiger partial charge >= 0.3 is 0 Å². The summed E-state index contributed by atoms with van der Waals surface area (Å²) >= 11 is 0. The minimum absolute atomic E-state index is 0.0805. The summed E-state index contributed by atoms with van der Waals surface area (Å²) in [4.78, 5) is 15.2. The molecule has 1 amide bonds. The fourth-order valence-electron chi connectivity index (χ4n) is 10.5. The summed E-state index contributed by atoms with van der Waals surface area (Å²) in [6.45, 7) is 13.4. The lowest BCUT2D eigenvalue weighted by Gasteiger charge is -2.17. The summed E-state index contributed by atoms with van der Waals surface area (Å²) in [5, 5.41) is 3.23. The second-order valence-corrected chi connectivity index (χ2v) is 22.2. The third kappa shape index (κ3) is 49.4. The molecule has 0 heterocycles. The number of carbonyl (C=O) groups excluding carboxylic acids is 1. The van der Waals surface area contributed by atoms with Gasteiger partial charge in [0.15, 0.2) is 0 Å². The lowest BCUT2D eigenvalue weighted by atomic mass is 9.89. The summed E-state index contributed by atoms with van der Waals surface area (Å²) in [7, 11) is 4.25. The number of unbranched alkanes of at least 4 members (excludes halogenated alkanes) is 36. The molecule has 3 unspecified atom stereocenters. The van der Waals surface area contributed by atoms with Gasteiger partial charge < -0.3 is 10.2 Å². The number of nitrogens with one attached hydrogen (secondary N) is 1. The van der Waals surface area contributed by atoms with Crippen molar-refractivity contribution in [3.8, 4) is 0 Å². The Labute approximate surface area is 412 Å². The van der Waals surface area contributed by atoms with Crippen LogP contribution in [0, 0.1) is 17.8 Å². The van der Waals surface area contributed by atoms with E-state index in [-0.39, 0.29) is 11.8 Å². The summed E-state index contributed by atoms with van der Waals surface area (Å²) in [6, 6.07) is 0. The number of rotatable bonds is 54. The van der Waals surface area contributed by atoms with Gasteiger partial charge in [0.05, 0.1) is 0 Å². The molecule has 3 atom stereocenters. The summed E-state index contributed by atoms with van der Waals surface area (Å²) in [5.74, 6) is 1.78. The van der Waals surface area contributed by atoms with E-state index >= 15 is 0 Å². The Morgan fingerprint density at radius 3 is 1.05 bits per heavy atom. The molecule has 0 saturated heterocycles. The van der Waals surface area contributed by atoms with E-state index in [0.29, 0.717) is 5.92 Å². The van der Waals surface area contributed by atoms with Crippen LogP contribution in [0.5, 0.6) is 0 Å². The highest BCUT2D eigenvalue weighted by molar-refractivity contribution is 5.78. The smallest absolute Gasteiger partial charge is 0.222 e. The van der Waals surface area contributed by atoms with Crippen molar-refractivity contribution in [1.82, 2.24) is 10.2 Å². The van der Waals surface area contributed by atoms with Gasteiger partial charge in [-0.2, -0.15) is 0 Å². The minimum Gasteiger partial charge on any atom is -0.356 e. The van der Waals surface area contributed by atoms with E-state index in [2.05, 4.69) is 65.0 Å².